The molecule has 2 atom stereocenters. The molecule has 0 aromatic rings. The first-order valence-corrected chi connectivity index (χ1v) is 26.5. The Bertz CT molecular complexity index is 1240. The molecule has 0 saturated heterocycles. The molecule has 0 aliphatic rings. The van der Waals surface area contributed by atoms with E-state index in [0.29, 0.717) is 23.9 Å². The number of hydrogen-bond donors (Lipinski definition) is 0. The molecule has 0 amide bonds. The molecule has 0 saturated carbocycles. The van der Waals surface area contributed by atoms with Crippen molar-refractivity contribution in [2.75, 3.05) is 47.5 Å². The molecule has 9 nitrogen and oxygen atoms in total. The van der Waals surface area contributed by atoms with Gasteiger partial charge >= 0.3 is 11.9 Å². The molecule has 0 spiro atoms. The number of hydrogen-bond acceptors (Lipinski definition) is 8. The molecule has 0 aliphatic heterocycles. The maximum Gasteiger partial charge on any atom is 0.306 e. The highest BCUT2D eigenvalue weighted by molar-refractivity contribution is 7.45. The van der Waals surface area contributed by atoms with E-state index < -0.39 is 32.5 Å². The van der Waals surface area contributed by atoms with Crippen molar-refractivity contribution in [3.63, 3.8) is 0 Å². The maximum atomic E-state index is 12.7. The van der Waals surface area contributed by atoms with E-state index in [1.165, 1.54) is 96.3 Å². The first-order valence-electron chi connectivity index (χ1n) is 25.0. The Labute approximate surface area is 381 Å². The van der Waals surface area contributed by atoms with Crippen molar-refractivity contribution in [3.8, 4) is 0 Å². The molecular weight excluding hydrogens is 798 g/mol. The van der Waals surface area contributed by atoms with E-state index in [0.717, 1.165) is 70.6 Å². The fourth-order valence-corrected chi connectivity index (χ4v) is 7.41. The SMILES string of the molecule is CC/C=C/C/C=C/C/C=C/C/C=C/C/C=C/CCCCCC(=O)OC[C@H](COP(=O)([O-])OCC[N+](C)(C)C)OC(=O)CCCCCCCCCCCCCCCCCCCCC. The Balaban J connectivity index is 4.32. The summed E-state index contributed by atoms with van der Waals surface area (Å²) >= 11 is 0. The molecule has 62 heavy (non-hydrogen) atoms. The summed E-state index contributed by atoms with van der Waals surface area (Å²) in [5.74, 6) is -0.868. The van der Waals surface area contributed by atoms with Gasteiger partial charge in [0.25, 0.3) is 7.82 Å². The Hall–Kier alpha value is -2.29. The van der Waals surface area contributed by atoms with Gasteiger partial charge < -0.3 is 27.9 Å². The molecule has 0 aromatic heterocycles. The van der Waals surface area contributed by atoms with Gasteiger partial charge in [-0.25, -0.2) is 0 Å². The Kier molecular flexibility index (Phi) is 42.3. The topological polar surface area (TPSA) is 111 Å². The number of carbonyl (C=O) groups excluding carboxylic acids is 2. The number of ether oxygens (including phenoxy) is 2. The van der Waals surface area contributed by atoms with Gasteiger partial charge in [-0.3, -0.25) is 14.2 Å². The molecule has 0 heterocycles. The molecule has 0 aromatic carbocycles. The van der Waals surface area contributed by atoms with Gasteiger partial charge in [0.15, 0.2) is 6.10 Å². The fourth-order valence-electron chi connectivity index (χ4n) is 6.68. The molecule has 0 aliphatic carbocycles. The lowest BCUT2D eigenvalue weighted by atomic mass is 10.0. The second-order valence-electron chi connectivity index (χ2n) is 17.8. The van der Waals surface area contributed by atoms with Crippen LogP contribution in [0.3, 0.4) is 0 Å². The fraction of sp³-hybridized carbons (Fsp3) is 0.769. The molecule has 0 bridgehead atoms. The zero-order chi connectivity index (χ0) is 45.7. The number of likely N-dealkylation sites (N-methyl/N-ethyl adjacent to an activating group) is 1. The van der Waals surface area contributed by atoms with Crippen LogP contribution in [0.5, 0.6) is 0 Å². The predicted molar refractivity (Wildman–Crippen MR) is 259 cm³/mol. The summed E-state index contributed by atoms with van der Waals surface area (Å²) in [7, 11) is 1.14. The minimum atomic E-state index is -4.64. The number of quaternary nitrogens is 1. The monoisotopic (exact) mass is 892 g/mol. The van der Waals surface area contributed by atoms with Gasteiger partial charge in [0.2, 0.25) is 0 Å². The van der Waals surface area contributed by atoms with Crippen molar-refractivity contribution in [2.45, 2.75) is 213 Å². The van der Waals surface area contributed by atoms with Crippen LogP contribution in [0.4, 0.5) is 0 Å². The molecule has 10 heteroatoms. The van der Waals surface area contributed by atoms with Crippen LogP contribution < -0.4 is 4.89 Å². The van der Waals surface area contributed by atoms with E-state index in [2.05, 4.69) is 74.6 Å². The van der Waals surface area contributed by atoms with E-state index in [9.17, 15) is 19.0 Å². The number of phosphoric ester groups is 1. The second-order valence-corrected chi connectivity index (χ2v) is 19.2. The van der Waals surface area contributed by atoms with Gasteiger partial charge in [-0.1, -0.05) is 197 Å². The normalized spacial score (nSPS) is 14.0. The molecule has 0 radical (unpaired) electrons. The lowest BCUT2D eigenvalue weighted by Crippen LogP contribution is -2.37. The highest BCUT2D eigenvalue weighted by atomic mass is 31.2. The summed E-state index contributed by atoms with van der Waals surface area (Å²) in [6.45, 7) is 4.09. The van der Waals surface area contributed by atoms with Crippen LogP contribution in [0.1, 0.15) is 206 Å². The van der Waals surface area contributed by atoms with Crippen LogP contribution in [0.25, 0.3) is 0 Å². The van der Waals surface area contributed by atoms with Gasteiger partial charge in [-0.2, -0.15) is 0 Å². The highest BCUT2D eigenvalue weighted by Gasteiger charge is 2.21. The number of unbranched alkanes of at least 4 members (excludes halogenated alkanes) is 21. The van der Waals surface area contributed by atoms with Crippen molar-refractivity contribution >= 4 is 19.8 Å². The van der Waals surface area contributed by atoms with Gasteiger partial charge in [0.05, 0.1) is 27.7 Å². The van der Waals surface area contributed by atoms with Crippen LogP contribution in [0, 0.1) is 0 Å². The molecule has 0 N–H and O–H groups in total. The molecule has 0 fully saturated rings. The standard InChI is InChI=1S/C52H94NO8P/c1-6-8-10-12-14-16-18-20-22-24-26-28-30-32-34-36-38-40-42-44-51(54)58-48-50(49-60-62(56,57)59-47-46-53(3,4)5)61-52(55)45-43-41-39-37-35-33-31-29-27-25-23-21-19-17-15-13-11-9-7-2/h8,10,14,16,20,22,26,28,32,34,50H,6-7,9,11-13,15,17-19,21,23-25,27,29-31,33,35-49H2,1-5H3/b10-8+,16-14+,22-20+,28-26+,34-32+/t50-/m1/s1. The summed E-state index contributed by atoms with van der Waals surface area (Å²) in [5, 5.41) is 0. The maximum absolute atomic E-state index is 12.7. The first kappa shape index (κ1) is 59.7. The number of phosphoric acid groups is 1. The highest BCUT2D eigenvalue weighted by Crippen LogP contribution is 2.38. The molecule has 1 unspecified atom stereocenters. The first-order chi connectivity index (χ1) is 30.0. The van der Waals surface area contributed by atoms with Crippen LogP contribution in [0.2, 0.25) is 0 Å². The van der Waals surface area contributed by atoms with Crippen LogP contribution in [-0.2, 0) is 32.7 Å². The second kappa shape index (κ2) is 43.9. The van der Waals surface area contributed by atoms with Crippen molar-refractivity contribution in [1.82, 2.24) is 0 Å². The summed E-state index contributed by atoms with van der Waals surface area (Å²) < 4.78 is 34.0. The number of nitrogens with zero attached hydrogens (tertiary/aromatic N) is 1. The van der Waals surface area contributed by atoms with Crippen LogP contribution >= 0.6 is 7.82 Å². The lowest BCUT2D eigenvalue weighted by Gasteiger charge is -2.28. The van der Waals surface area contributed by atoms with E-state index in [-0.39, 0.29) is 26.1 Å². The summed E-state index contributed by atoms with van der Waals surface area (Å²) in [5.41, 5.74) is 0. The summed E-state index contributed by atoms with van der Waals surface area (Å²) in [4.78, 5) is 37.7. The minimum absolute atomic E-state index is 0.0375. The van der Waals surface area contributed by atoms with Gasteiger partial charge in [0, 0.05) is 12.8 Å². The minimum Gasteiger partial charge on any atom is -0.756 e. The van der Waals surface area contributed by atoms with Crippen LogP contribution in [-0.4, -0.2) is 70.0 Å². The van der Waals surface area contributed by atoms with E-state index in [1.807, 2.05) is 21.1 Å². The zero-order valence-electron chi connectivity index (χ0n) is 40.6. The number of esters is 2. The van der Waals surface area contributed by atoms with E-state index >= 15 is 0 Å². The number of rotatable bonds is 45. The van der Waals surface area contributed by atoms with Crippen molar-refractivity contribution in [3.05, 3.63) is 60.8 Å². The largest absolute Gasteiger partial charge is 0.756 e. The average Bonchev–Trinajstić information content (AvgIpc) is 3.23. The van der Waals surface area contributed by atoms with E-state index in [4.69, 9.17) is 18.5 Å². The van der Waals surface area contributed by atoms with Gasteiger partial charge in [0.1, 0.15) is 19.8 Å². The summed E-state index contributed by atoms with van der Waals surface area (Å²) in [6, 6.07) is 0. The quantitative estimate of drug-likeness (QED) is 0.0195. The predicted octanol–water partition coefficient (Wildman–Crippen LogP) is 14.2. The molecule has 0 rings (SSSR count). The third-order valence-electron chi connectivity index (χ3n) is 10.6. The van der Waals surface area contributed by atoms with Crippen molar-refractivity contribution in [1.29, 1.82) is 0 Å². The lowest BCUT2D eigenvalue weighted by molar-refractivity contribution is -0.870. The Morgan fingerprint density at radius 1 is 0.516 bits per heavy atom. The smallest absolute Gasteiger partial charge is 0.306 e. The molecular formula is C52H94NO8P. The number of allylic oxidation sites excluding steroid dienone is 10. The average molecular weight is 892 g/mol. The Morgan fingerprint density at radius 3 is 1.37 bits per heavy atom. The van der Waals surface area contributed by atoms with Crippen LogP contribution in [0.15, 0.2) is 60.8 Å². The third kappa shape index (κ3) is 47.2. The molecule has 360 valence electrons. The summed E-state index contributed by atoms with van der Waals surface area (Å²) in [6.07, 6.45) is 53.9. The third-order valence-corrected chi connectivity index (χ3v) is 11.5. The van der Waals surface area contributed by atoms with Gasteiger partial charge in [-0.05, 0) is 57.8 Å². The van der Waals surface area contributed by atoms with Crippen molar-refractivity contribution < 1.29 is 42.1 Å². The Morgan fingerprint density at radius 2 is 0.919 bits per heavy atom. The van der Waals surface area contributed by atoms with Crippen molar-refractivity contribution in [2.24, 2.45) is 0 Å². The number of carbonyl (C=O) groups is 2. The van der Waals surface area contributed by atoms with Gasteiger partial charge in [-0.15, -0.1) is 0 Å². The zero-order valence-corrected chi connectivity index (χ0v) is 41.4. The van der Waals surface area contributed by atoms with E-state index in [1.54, 1.807) is 0 Å².